The minimum Gasteiger partial charge on any atom is -0.461 e. The number of hydrogen-bond donors (Lipinski definition) is 0. The Balaban J connectivity index is 2.44. The van der Waals surface area contributed by atoms with Crippen LogP contribution < -0.4 is 0 Å². The molecule has 0 radical (unpaired) electrons. The molecule has 1 aliphatic heterocycles. The average Bonchev–Trinajstić information content (AvgIpc) is 2.52. The largest absolute Gasteiger partial charge is 0.461 e. The van der Waals surface area contributed by atoms with Crippen LogP contribution in [0.25, 0.3) is 0 Å². The Kier molecular flexibility index (Phi) is 11.4. The van der Waals surface area contributed by atoms with E-state index >= 15 is 0 Å². The van der Waals surface area contributed by atoms with E-state index in [-0.39, 0.29) is 5.97 Å². The first kappa shape index (κ1) is 18.7. The molecule has 22 heavy (non-hydrogen) atoms. The van der Waals surface area contributed by atoms with E-state index in [0.717, 1.165) is 25.2 Å². The summed E-state index contributed by atoms with van der Waals surface area (Å²) in [5.74, 6) is 0.586. The van der Waals surface area contributed by atoms with Gasteiger partial charge in [-0.15, -0.1) is 0 Å². The second-order valence-electron chi connectivity index (χ2n) is 6.07. The molecule has 0 saturated heterocycles. The van der Waals surface area contributed by atoms with Gasteiger partial charge in [-0.1, -0.05) is 69.1 Å². The highest BCUT2D eigenvalue weighted by Crippen LogP contribution is 2.19. The maximum atomic E-state index is 11.5. The summed E-state index contributed by atoms with van der Waals surface area (Å²) in [6.07, 6.45) is 24.1. The maximum absolute atomic E-state index is 11.5. The van der Waals surface area contributed by atoms with E-state index in [9.17, 15) is 4.79 Å². The molecule has 0 aromatic heterocycles. The van der Waals surface area contributed by atoms with E-state index in [0.29, 0.717) is 13.0 Å². The number of unbranched alkanes of at least 4 members (excludes halogenated alkanes) is 3. The lowest BCUT2D eigenvalue weighted by molar-refractivity contribution is -0.141. The number of esters is 1. The number of cyclic esters (lactones) is 1. The summed E-state index contributed by atoms with van der Waals surface area (Å²) >= 11 is 0. The average molecular weight is 304 g/mol. The Morgan fingerprint density at radius 3 is 2.45 bits per heavy atom. The maximum Gasteiger partial charge on any atom is 0.309 e. The minimum atomic E-state index is -0.137. The summed E-state index contributed by atoms with van der Waals surface area (Å²) in [5, 5.41) is 0. The third-order valence-corrected chi connectivity index (χ3v) is 4.03. The number of hydrogen-bond acceptors (Lipinski definition) is 2. The smallest absolute Gasteiger partial charge is 0.309 e. The fraction of sp³-hybridized carbons (Fsp3) is 0.650. The van der Waals surface area contributed by atoms with E-state index in [1.807, 2.05) is 12.2 Å². The van der Waals surface area contributed by atoms with Crippen molar-refractivity contribution >= 4 is 5.97 Å². The van der Waals surface area contributed by atoms with Crippen LogP contribution in [-0.4, -0.2) is 12.6 Å². The molecule has 124 valence electrons. The molecule has 0 aromatic rings. The van der Waals surface area contributed by atoms with Crippen LogP contribution in [0.3, 0.4) is 0 Å². The Hall–Kier alpha value is -1.31. The highest BCUT2D eigenvalue weighted by molar-refractivity contribution is 5.71. The fourth-order valence-corrected chi connectivity index (χ4v) is 2.64. The molecule has 2 heteroatoms. The molecule has 0 bridgehead atoms. The van der Waals surface area contributed by atoms with Crippen molar-refractivity contribution in [2.24, 2.45) is 5.92 Å². The lowest BCUT2D eigenvalue weighted by atomic mass is 9.93. The van der Waals surface area contributed by atoms with Crippen LogP contribution in [0.4, 0.5) is 0 Å². The molecule has 0 amide bonds. The van der Waals surface area contributed by atoms with Gasteiger partial charge in [0.2, 0.25) is 0 Å². The van der Waals surface area contributed by atoms with Crippen LogP contribution in [0.1, 0.15) is 71.1 Å². The minimum absolute atomic E-state index is 0.137. The van der Waals surface area contributed by atoms with E-state index in [4.69, 9.17) is 4.74 Å². The summed E-state index contributed by atoms with van der Waals surface area (Å²) in [6, 6.07) is 0. The molecule has 0 N–H and O–H groups in total. The Morgan fingerprint density at radius 1 is 0.955 bits per heavy atom. The van der Waals surface area contributed by atoms with Crippen molar-refractivity contribution in [3.8, 4) is 0 Å². The van der Waals surface area contributed by atoms with E-state index in [1.54, 1.807) is 0 Å². The number of ether oxygens (including phenoxy) is 1. The van der Waals surface area contributed by atoms with Gasteiger partial charge in [-0.3, -0.25) is 4.79 Å². The number of allylic oxidation sites excluding steroid dienone is 4. The van der Waals surface area contributed by atoms with Crippen LogP contribution in [0.2, 0.25) is 0 Å². The van der Waals surface area contributed by atoms with Crippen molar-refractivity contribution in [1.82, 2.24) is 0 Å². The number of carbonyl (C=O) groups excluding carboxylic acids is 1. The third kappa shape index (κ3) is 10.4. The van der Waals surface area contributed by atoms with E-state index < -0.39 is 0 Å². The Bertz CT molecular complexity index is 366. The van der Waals surface area contributed by atoms with Crippen molar-refractivity contribution in [2.45, 2.75) is 71.1 Å². The zero-order chi connectivity index (χ0) is 15.9. The van der Waals surface area contributed by atoms with Crippen molar-refractivity contribution in [3.63, 3.8) is 0 Å². The summed E-state index contributed by atoms with van der Waals surface area (Å²) in [6.45, 7) is 2.66. The number of rotatable bonds is 5. The van der Waals surface area contributed by atoms with E-state index in [2.05, 4.69) is 31.2 Å². The molecule has 1 rings (SSSR count). The van der Waals surface area contributed by atoms with Crippen LogP contribution in [-0.2, 0) is 9.53 Å². The SMILES string of the molecule is CCCCCC[C@@H]1C/C=C\CC/C=C\CC(=O)OC/C=C\C1. The van der Waals surface area contributed by atoms with Gasteiger partial charge in [0.25, 0.3) is 0 Å². The summed E-state index contributed by atoms with van der Waals surface area (Å²) in [5.41, 5.74) is 0. The summed E-state index contributed by atoms with van der Waals surface area (Å²) < 4.78 is 5.17. The van der Waals surface area contributed by atoms with Gasteiger partial charge in [0.15, 0.2) is 0 Å². The molecular weight excluding hydrogens is 272 g/mol. The molecule has 0 aliphatic carbocycles. The van der Waals surface area contributed by atoms with Gasteiger partial charge in [0.1, 0.15) is 6.61 Å². The topological polar surface area (TPSA) is 26.3 Å². The zero-order valence-corrected chi connectivity index (χ0v) is 14.1. The van der Waals surface area contributed by atoms with Crippen molar-refractivity contribution in [2.75, 3.05) is 6.61 Å². The molecule has 1 atom stereocenters. The predicted octanol–water partition coefficient (Wildman–Crippen LogP) is 5.75. The molecule has 2 nitrogen and oxygen atoms in total. The van der Waals surface area contributed by atoms with Gasteiger partial charge in [0.05, 0.1) is 6.42 Å². The molecule has 0 spiro atoms. The predicted molar refractivity (Wildman–Crippen MR) is 93.7 cm³/mol. The molecular formula is C20H32O2. The molecule has 1 heterocycles. The zero-order valence-electron chi connectivity index (χ0n) is 14.1. The van der Waals surface area contributed by atoms with Gasteiger partial charge in [-0.05, 0) is 38.0 Å². The normalized spacial score (nSPS) is 25.5. The van der Waals surface area contributed by atoms with Crippen molar-refractivity contribution in [3.05, 3.63) is 36.5 Å². The third-order valence-electron chi connectivity index (χ3n) is 4.03. The van der Waals surface area contributed by atoms with Gasteiger partial charge >= 0.3 is 5.97 Å². The quantitative estimate of drug-likeness (QED) is 0.367. The van der Waals surface area contributed by atoms with Gasteiger partial charge in [-0.2, -0.15) is 0 Å². The van der Waals surface area contributed by atoms with Crippen LogP contribution in [0.5, 0.6) is 0 Å². The highest BCUT2D eigenvalue weighted by Gasteiger charge is 2.05. The van der Waals surface area contributed by atoms with Gasteiger partial charge in [0, 0.05) is 0 Å². The first-order chi connectivity index (χ1) is 10.8. The Labute approximate surface area is 136 Å². The van der Waals surface area contributed by atoms with Crippen LogP contribution in [0, 0.1) is 5.92 Å². The second kappa shape index (κ2) is 13.4. The lowest BCUT2D eigenvalue weighted by Gasteiger charge is -2.12. The van der Waals surface area contributed by atoms with Crippen LogP contribution >= 0.6 is 0 Å². The standard InChI is InChI=1S/C20H32O2/c1-2-3-4-9-14-19-15-10-7-5-6-8-11-17-20(21)22-18-13-12-16-19/h7-8,10-13,19H,2-6,9,14-18H2,1H3/b10-7-,11-8-,13-12-/t19-/m1/s1. The summed E-state index contributed by atoms with van der Waals surface area (Å²) in [4.78, 5) is 11.5. The first-order valence-electron chi connectivity index (χ1n) is 8.93. The highest BCUT2D eigenvalue weighted by atomic mass is 16.5. The monoisotopic (exact) mass is 304 g/mol. The molecule has 0 unspecified atom stereocenters. The fourth-order valence-electron chi connectivity index (χ4n) is 2.64. The second-order valence-corrected chi connectivity index (χ2v) is 6.07. The molecule has 1 aliphatic rings. The molecule has 0 fully saturated rings. The molecule has 0 aromatic carbocycles. The first-order valence-corrected chi connectivity index (χ1v) is 8.93. The van der Waals surface area contributed by atoms with Gasteiger partial charge < -0.3 is 4.74 Å². The number of carbonyl (C=O) groups is 1. The van der Waals surface area contributed by atoms with Gasteiger partial charge in [-0.25, -0.2) is 0 Å². The lowest BCUT2D eigenvalue weighted by Crippen LogP contribution is -2.03. The van der Waals surface area contributed by atoms with Crippen molar-refractivity contribution in [1.29, 1.82) is 0 Å². The van der Waals surface area contributed by atoms with Crippen LogP contribution in [0.15, 0.2) is 36.5 Å². The Morgan fingerprint density at radius 2 is 1.68 bits per heavy atom. The van der Waals surface area contributed by atoms with Crippen molar-refractivity contribution < 1.29 is 9.53 Å². The molecule has 0 saturated carbocycles. The summed E-state index contributed by atoms with van der Waals surface area (Å²) in [7, 11) is 0. The van der Waals surface area contributed by atoms with E-state index in [1.165, 1.54) is 38.5 Å².